The molecule has 0 bridgehead atoms. The number of thioether (sulfide) groups is 1. The van der Waals surface area contributed by atoms with E-state index in [9.17, 15) is 4.79 Å². The van der Waals surface area contributed by atoms with Crippen LogP contribution in [0.15, 0.2) is 23.1 Å². The topological polar surface area (TPSA) is 46.9 Å². The lowest BCUT2D eigenvalue weighted by molar-refractivity contribution is -0.115. The predicted molar refractivity (Wildman–Crippen MR) is 92.5 cm³/mol. The Morgan fingerprint density at radius 2 is 1.91 bits per heavy atom. The third-order valence-corrected chi connectivity index (χ3v) is 5.01. The van der Waals surface area contributed by atoms with Crippen LogP contribution in [0.3, 0.4) is 0 Å². The monoisotopic (exact) mass is 317 g/mol. The minimum Gasteiger partial charge on any atom is -0.322 e. The van der Waals surface area contributed by atoms with Crippen LogP contribution in [0.25, 0.3) is 0 Å². The van der Waals surface area contributed by atoms with Crippen molar-refractivity contribution in [1.82, 2.24) is 9.78 Å². The molecule has 0 saturated carbocycles. The molecule has 0 saturated heterocycles. The normalized spacial score (nSPS) is 12.3. The molecule has 1 aromatic carbocycles. The molecule has 1 amide bonds. The summed E-state index contributed by atoms with van der Waals surface area (Å²) in [7, 11) is 1.88. The Balaban J connectivity index is 2.07. The maximum absolute atomic E-state index is 12.4. The van der Waals surface area contributed by atoms with Crippen LogP contribution in [0, 0.1) is 27.7 Å². The van der Waals surface area contributed by atoms with Gasteiger partial charge in [-0.05, 0) is 57.9 Å². The van der Waals surface area contributed by atoms with Gasteiger partial charge in [-0.2, -0.15) is 5.10 Å². The molecule has 5 heteroatoms. The van der Waals surface area contributed by atoms with Crippen LogP contribution in [0.4, 0.5) is 5.69 Å². The highest BCUT2D eigenvalue weighted by Gasteiger charge is 2.18. The van der Waals surface area contributed by atoms with Gasteiger partial charge in [0.15, 0.2) is 0 Å². The second-order valence-electron chi connectivity index (χ2n) is 5.66. The summed E-state index contributed by atoms with van der Waals surface area (Å²) >= 11 is 1.57. The van der Waals surface area contributed by atoms with Crippen molar-refractivity contribution in [2.75, 3.05) is 5.32 Å². The third-order valence-electron chi connectivity index (χ3n) is 3.92. The first-order chi connectivity index (χ1) is 10.3. The van der Waals surface area contributed by atoms with E-state index in [1.54, 1.807) is 16.4 Å². The summed E-state index contributed by atoms with van der Waals surface area (Å²) in [4.78, 5) is 13.5. The van der Waals surface area contributed by atoms with Crippen LogP contribution < -0.4 is 5.32 Å². The lowest BCUT2D eigenvalue weighted by Gasteiger charge is -2.13. The SMILES string of the molecule is Cc1ccc(S[C@@H](C)C(=O)Nc2c(C)nn(C)c2C)cc1C. The van der Waals surface area contributed by atoms with Crippen molar-refractivity contribution in [3.05, 3.63) is 40.7 Å². The molecule has 1 atom stereocenters. The van der Waals surface area contributed by atoms with Crippen LogP contribution in [-0.2, 0) is 11.8 Å². The number of hydrogen-bond donors (Lipinski definition) is 1. The fourth-order valence-corrected chi connectivity index (χ4v) is 3.19. The molecule has 1 N–H and O–H groups in total. The molecule has 0 unspecified atom stereocenters. The van der Waals surface area contributed by atoms with Gasteiger partial charge in [-0.15, -0.1) is 11.8 Å². The van der Waals surface area contributed by atoms with Crippen molar-refractivity contribution in [1.29, 1.82) is 0 Å². The number of nitrogens with one attached hydrogen (secondary N) is 1. The average molecular weight is 317 g/mol. The van der Waals surface area contributed by atoms with Crippen molar-refractivity contribution < 1.29 is 4.79 Å². The van der Waals surface area contributed by atoms with E-state index in [1.807, 2.05) is 27.8 Å². The van der Waals surface area contributed by atoms with Gasteiger partial charge >= 0.3 is 0 Å². The number of aryl methyl sites for hydroxylation is 4. The maximum Gasteiger partial charge on any atom is 0.237 e. The molecular weight excluding hydrogens is 294 g/mol. The highest BCUT2D eigenvalue weighted by molar-refractivity contribution is 8.00. The first-order valence-corrected chi connectivity index (χ1v) is 8.22. The van der Waals surface area contributed by atoms with Gasteiger partial charge in [-0.1, -0.05) is 6.07 Å². The molecule has 0 aliphatic heterocycles. The van der Waals surface area contributed by atoms with Gasteiger partial charge in [0.05, 0.1) is 22.3 Å². The van der Waals surface area contributed by atoms with Gasteiger partial charge < -0.3 is 5.32 Å². The Kier molecular flexibility index (Phi) is 4.96. The van der Waals surface area contributed by atoms with Crippen LogP contribution >= 0.6 is 11.8 Å². The molecule has 118 valence electrons. The summed E-state index contributed by atoms with van der Waals surface area (Å²) in [5.74, 6) is 0.00225. The Morgan fingerprint density at radius 3 is 2.45 bits per heavy atom. The minimum atomic E-state index is -0.166. The zero-order valence-corrected chi connectivity index (χ0v) is 14.8. The lowest BCUT2D eigenvalue weighted by atomic mass is 10.1. The number of benzene rings is 1. The van der Waals surface area contributed by atoms with E-state index >= 15 is 0 Å². The van der Waals surface area contributed by atoms with E-state index in [2.05, 4.69) is 42.5 Å². The van der Waals surface area contributed by atoms with Crippen molar-refractivity contribution in [2.45, 2.75) is 44.8 Å². The van der Waals surface area contributed by atoms with E-state index < -0.39 is 0 Å². The molecule has 0 aliphatic carbocycles. The van der Waals surface area contributed by atoms with Gasteiger partial charge in [-0.3, -0.25) is 9.48 Å². The molecule has 2 rings (SSSR count). The molecule has 1 aromatic heterocycles. The maximum atomic E-state index is 12.4. The van der Waals surface area contributed by atoms with E-state index in [-0.39, 0.29) is 11.2 Å². The standard InChI is InChI=1S/C17H23N3OS/c1-10-7-8-15(9-11(10)2)22-14(5)17(21)18-16-12(3)19-20(6)13(16)4/h7-9,14H,1-6H3,(H,18,21)/t14-/m0/s1. The number of anilines is 1. The minimum absolute atomic E-state index is 0.00225. The van der Waals surface area contributed by atoms with E-state index in [4.69, 9.17) is 0 Å². The highest BCUT2D eigenvalue weighted by Crippen LogP contribution is 2.27. The largest absolute Gasteiger partial charge is 0.322 e. The van der Waals surface area contributed by atoms with E-state index in [0.717, 1.165) is 22.0 Å². The van der Waals surface area contributed by atoms with Gasteiger partial charge in [0.2, 0.25) is 5.91 Å². The molecule has 0 fully saturated rings. The summed E-state index contributed by atoms with van der Waals surface area (Å²) in [5, 5.41) is 7.16. The zero-order valence-electron chi connectivity index (χ0n) is 14.0. The summed E-state index contributed by atoms with van der Waals surface area (Å²) in [5.41, 5.74) is 5.14. The van der Waals surface area contributed by atoms with Crippen molar-refractivity contribution >= 4 is 23.4 Å². The number of rotatable bonds is 4. The number of carbonyl (C=O) groups is 1. The Hall–Kier alpha value is -1.75. The Bertz CT molecular complexity index is 706. The van der Waals surface area contributed by atoms with Crippen LogP contribution in [0.1, 0.15) is 29.4 Å². The predicted octanol–water partition coefficient (Wildman–Crippen LogP) is 3.77. The lowest BCUT2D eigenvalue weighted by Crippen LogP contribution is -2.23. The number of hydrogen-bond acceptors (Lipinski definition) is 3. The molecule has 1 heterocycles. The van der Waals surface area contributed by atoms with Crippen LogP contribution in [0.5, 0.6) is 0 Å². The third kappa shape index (κ3) is 3.53. The average Bonchev–Trinajstić information content (AvgIpc) is 2.69. The molecule has 4 nitrogen and oxygen atoms in total. The smallest absolute Gasteiger partial charge is 0.237 e. The van der Waals surface area contributed by atoms with Crippen molar-refractivity contribution in [3.8, 4) is 0 Å². The van der Waals surface area contributed by atoms with Gasteiger partial charge in [0.25, 0.3) is 0 Å². The Morgan fingerprint density at radius 1 is 1.23 bits per heavy atom. The van der Waals surface area contributed by atoms with E-state index in [1.165, 1.54) is 11.1 Å². The Labute approximate surface area is 136 Å². The highest BCUT2D eigenvalue weighted by atomic mass is 32.2. The molecule has 22 heavy (non-hydrogen) atoms. The molecule has 2 aromatic rings. The molecule has 0 spiro atoms. The second kappa shape index (κ2) is 6.57. The number of carbonyl (C=O) groups excluding carboxylic acids is 1. The van der Waals surface area contributed by atoms with Crippen LogP contribution in [-0.4, -0.2) is 20.9 Å². The van der Waals surface area contributed by atoms with Gasteiger partial charge in [-0.25, -0.2) is 0 Å². The van der Waals surface area contributed by atoms with Gasteiger partial charge in [0.1, 0.15) is 0 Å². The van der Waals surface area contributed by atoms with Crippen molar-refractivity contribution in [3.63, 3.8) is 0 Å². The number of amides is 1. The fraction of sp³-hybridized carbons (Fsp3) is 0.412. The van der Waals surface area contributed by atoms with E-state index in [0.29, 0.717) is 0 Å². The quantitative estimate of drug-likeness (QED) is 0.873. The summed E-state index contributed by atoms with van der Waals surface area (Å²) in [6.07, 6.45) is 0. The van der Waals surface area contributed by atoms with Gasteiger partial charge in [0, 0.05) is 11.9 Å². The number of aromatic nitrogens is 2. The molecule has 0 aliphatic rings. The molecular formula is C17H23N3OS. The second-order valence-corrected chi connectivity index (χ2v) is 7.08. The van der Waals surface area contributed by atoms with Crippen molar-refractivity contribution in [2.24, 2.45) is 7.05 Å². The first-order valence-electron chi connectivity index (χ1n) is 7.34. The summed E-state index contributed by atoms with van der Waals surface area (Å²) in [6.45, 7) is 9.97. The zero-order chi connectivity index (χ0) is 16.4. The first kappa shape index (κ1) is 16.6. The number of nitrogens with zero attached hydrogens (tertiary/aromatic N) is 2. The summed E-state index contributed by atoms with van der Waals surface area (Å²) in [6, 6.07) is 6.29. The fourth-order valence-electron chi connectivity index (χ4n) is 2.22. The van der Waals surface area contributed by atoms with Crippen LogP contribution in [0.2, 0.25) is 0 Å². The summed E-state index contributed by atoms with van der Waals surface area (Å²) < 4.78 is 1.78. The molecule has 0 radical (unpaired) electrons.